The van der Waals surface area contributed by atoms with E-state index < -0.39 is 5.97 Å². The first-order valence-electron chi connectivity index (χ1n) is 6.52. The summed E-state index contributed by atoms with van der Waals surface area (Å²) >= 11 is 1.33. The van der Waals surface area contributed by atoms with Crippen molar-refractivity contribution in [1.82, 2.24) is 14.8 Å². The topological polar surface area (TPSA) is 56.7 Å². The fourth-order valence-corrected chi connectivity index (χ4v) is 3.53. The van der Waals surface area contributed by atoms with Crippen LogP contribution in [0.1, 0.15) is 46.2 Å². The van der Waals surface area contributed by atoms with E-state index in [1.807, 2.05) is 13.8 Å². The van der Waals surface area contributed by atoms with Crippen molar-refractivity contribution in [2.75, 3.05) is 33.7 Å². The second-order valence-corrected chi connectivity index (χ2v) is 6.52. The number of nitrogens with zero attached hydrogens (tertiary/aromatic N) is 3. The summed E-state index contributed by atoms with van der Waals surface area (Å²) in [5.74, 6) is -0.720. The molecule has 1 aliphatic heterocycles. The average Bonchev–Trinajstić information content (AvgIpc) is 2.77. The first-order chi connectivity index (χ1) is 8.90. The zero-order chi connectivity index (χ0) is 14.2. The molecule has 1 atom stereocenters. The molecule has 1 aromatic heterocycles. The molecule has 1 aliphatic rings. The minimum absolute atomic E-state index is 0.141. The molecule has 1 unspecified atom stereocenters. The molecule has 19 heavy (non-hydrogen) atoms. The van der Waals surface area contributed by atoms with E-state index >= 15 is 0 Å². The number of aromatic carboxylic acids is 1. The summed E-state index contributed by atoms with van der Waals surface area (Å²) < 4.78 is 0. The van der Waals surface area contributed by atoms with Gasteiger partial charge in [-0.05, 0) is 20.0 Å². The van der Waals surface area contributed by atoms with Crippen molar-refractivity contribution in [1.29, 1.82) is 0 Å². The molecule has 2 heterocycles. The van der Waals surface area contributed by atoms with Crippen LogP contribution >= 0.6 is 11.3 Å². The van der Waals surface area contributed by atoms with E-state index in [9.17, 15) is 9.90 Å². The van der Waals surface area contributed by atoms with Crippen LogP contribution in [-0.2, 0) is 0 Å². The first kappa shape index (κ1) is 14.4. The number of thiazole rings is 1. The number of piperazine rings is 1. The van der Waals surface area contributed by atoms with Gasteiger partial charge in [0.2, 0.25) is 0 Å². The van der Waals surface area contributed by atoms with Crippen molar-refractivity contribution in [3.05, 3.63) is 15.6 Å². The number of aromatic nitrogens is 1. The summed E-state index contributed by atoms with van der Waals surface area (Å²) in [5, 5.41) is 10.2. The van der Waals surface area contributed by atoms with Gasteiger partial charge < -0.3 is 10.0 Å². The number of rotatable bonds is 3. The molecule has 1 N–H and O–H groups in total. The molecule has 0 amide bonds. The molecule has 0 saturated carbocycles. The lowest BCUT2D eigenvalue weighted by Gasteiger charge is -2.36. The maximum absolute atomic E-state index is 11.3. The lowest BCUT2D eigenvalue weighted by molar-refractivity contribution is 0.0700. The van der Waals surface area contributed by atoms with E-state index in [0.717, 1.165) is 24.6 Å². The van der Waals surface area contributed by atoms with Gasteiger partial charge in [0.25, 0.3) is 0 Å². The third-order valence-corrected chi connectivity index (χ3v) is 4.71. The number of carboxylic acid groups (broad SMARTS) is 1. The van der Waals surface area contributed by atoms with E-state index in [0.29, 0.717) is 10.6 Å². The fourth-order valence-electron chi connectivity index (χ4n) is 2.31. The molecule has 0 radical (unpaired) electrons. The molecule has 0 aromatic carbocycles. The molecule has 5 nitrogen and oxygen atoms in total. The van der Waals surface area contributed by atoms with Crippen LogP contribution in [0.2, 0.25) is 0 Å². The number of carboxylic acids is 1. The average molecular weight is 283 g/mol. The minimum atomic E-state index is -0.862. The smallest absolute Gasteiger partial charge is 0.347 e. The second-order valence-electron chi connectivity index (χ2n) is 5.48. The molecular weight excluding hydrogens is 262 g/mol. The van der Waals surface area contributed by atoms with Gasteiger partial charge in [0, 0.05) is 19.6 Å². The number of hydrogen-bond acceptors (Lipinski definition) is 5. The first-order valence-corrected chi connectivity index (χ1v) is 7.34. The molecule has 1 aromatic rings. The highest BCUT2D eigenvalue weighted by molar-refractivity contribution is 7.13. The lowest BCUT2D eigenvalue weighted by atomic mass is 10.1. The summed E-state index contributed by atoms with van der Waals surface area (Å²) in [7, 11) is 4.17. The molecule has 0 bridgehead atoms. The van der Waals surface area contributed by atoms with Gasteiger partial charge in [0.1, 0.15) is 9.88 Å². The van der Waals surface area contributed by atoms with Crippen molar-refractivity contribution in [3.63, 3.8) is 0 Å². The van der Waals surface area contributed by atoms with Crippen molar-refractivity contribution < 1.29 is 9.90 Å². The standard InChI is InChI=1S/C13H21N3O2S/c1-8(2)10-11(13(17)18)19-12(14-10)9-7-15(3)5-6-16(9)4/h8-9H,5-7H2,1-4H3,(H,17,18). The van der Waals surface area contributed by atoms with Crippen LogP contribution in [0.25, 0.3) is 0 Å². The molecular formula is C13H21N3O2S. The molecule has 1 fully saturated rings. The van der Waals surface area contributed by atoms with Crippen molar-refractivity contribution >= 4 is 17.3 Å². The Labute approximate surface area is 117 Å². The Kier molecular flexibility index (Phi) is 4.23. The summed E-state index contributed by atoms with van der Waals surface area (Å²) in [4.78, 5) is 20.8. The van der Waals surface area contributed by atoms with Crippen molar-refractivity contribution in [2.45, 2.75) is 25.8 Å². The van der Waals surface area contributed by atoms with Gasteiger partial charge in [-0.15, -0.1) is 11.3 Å². The molecule has 1 saturated heterocycles. The Morgan fingerprint density at radius 3 is 2.63 bits per heavy atom. The predicted octanol–water partition coefficient (Wildman–Crippen LogP) is 1.88. The number of likely N-dealkylation sites (N-methyl/N-ethyl adjacent to an activating group) is 2. The van der Waals surface area contributed by atoms with Gasteiger partial charge in [0.15, 0.2) is 0 Å². The Balaban J connectivity index is 2.34. The van der Waals surface area contributed by atoms with E-state index in [2.05, 4.69) is 28.9 Å². The monoisotopic (exact) mass is 283 g/mol. The maximum atomic E-state index is 11.3. The predicted molar refractivity (Wildman–Crippen MR) is 76.0 cm³/mol. The van der Waals surface area contributed by atoms with Gasteiger partial charge >= 0.3 is 5.97 Å². The maximum Gasteiger partial charge on any atom is 0.347 e. The van der Waals surface area contributed by atoms with Crippen LogP contribution in [0.3, 0.4) is 0 Å². The van der Waals surface area contributed by atoms with E-state index in [4.69, 9.17) is 0 Å². The Bertz CT molecular complexity index is 472. The fraction of sp³-hybridized carbons (Fsp3) is 0.692. The Hall–Kier alpha value is -0.980. The zero-order valence-corrected chi connectivity index (χ0v) is 12.7. The van der Waals surface area contributed by atoms with Gasteiger partial charge in [-0.3, -0.25) is 4.90 Å². The molecule has 6 heteroatoms. The van der Waals surface area contributed by atoms with E-state index in [1.165, 1.54) is 11.3 Å². The summed E-state index contributed by atoms with van der Waals surface area (Å²) in [5.41, 5.74) is 0.717. The van der Waals surface area contributed by atoms with Crippen molar-refractivity contribution in [3.8, 4) is 0 Å². The molecule has 2 rings (SSSR count). The van der Waals surface area contributed by atoms with Crippen LogP contribution < -0.4 is 0 Å². The minimum Gasteiger partial charge on any atom is -0.477 e. The highest BCUT2D eigenvalue weighted by Gasteiger charge is 2.29. The number of carbonyl (C=O) groups is 1. The SMILES string of the molecule is CC(C)c1nc(C2CN(C)CCN2C)sc1C(=O)O. The Morgan fingerprint density at radius 2 is 2.11 bits per heavy atom. The summed E-state index contributed by atoms with van der Waals surface area (Å²) in [6.07, 6.45) is 0. The van der Waals surface area contributed by atoms with Crippen LogP contribution in [0.4, 0.5) is 0 Å². The van der Waals surface area contributed by atoms with Gasteiger partial charge in [0.05, 0.1) is 11.7 Å². The van der Waals surface area contributed by atoms with Gasteiger partial charge in [-0.1, -0.05) is 13.8 Å². The molecule has 0 spiro atoms. The largest absolute Gasteiger partial charge is 0.477 e. The summed E-state index contributed by atoms with van der Waals surface area (Å²) in [6, 6.07) is 0.203. The highest BCUT2D eigenvalue weighted by Crippen LogP contribution is 2.32. The van der Waals surface area contributed by atoms with E-state index in [-0.39, 0.29) is 12.0 Å². The van der Waals surface area contributed by atoms with Crippen molar-refractivity contribution in [2.24, 2.45) is 0 Å². The molecule has 106 valence electrons. The van der Waals surface area contributed by atoms with Crippen LogP contribution in [0, 0.1) is 0 Å². The zero-order valence-electron chi connectivity index (χ0n) is 11.9. The second kappa shape index (κ2) is 5.56. The third kappa shape index (κ3) is 2.96. The Morgan fingerprint density at radius 1 is 1.42 bits per heavy atom. The van der Waals surface area contributed by atoms with Crippen LogP contribution in [0.5, 0.6) is 0 Å². The number of hydrogen-bond donors (Lipinski definition) is 1. The third-order valence-electron chi connectivity index (χ3n) is 3.55. The van der Waals surface area contributed by atoms with E-state index in [1.54, 1.807) is 0 Å². The molecule has 0 aliphatic carbocycles. The lowest BCUT2D eigenvalue weighted by Crippen LogP contribution is -2.44. The van der Waals surface area contributed by atoms with Crippen LogP contribution in [-0.4, -0.2) is 59.6 Å². The normalized spacial score (nSPS) is 22.1. The highest BCUT2D eigenvalue weighted by atomic mass is 32.1. The van der Waals surface area contributed by atoms with Crippen LogP contribution in [0.15, 0.2) is 0 Å². The summed E-state index contributed by atoms with van der Waals surface area (Å²) in [6.45, 7) is 6.91. The quantitative estimate of drug-likeness (QED) is 0.918. The van der Waals surface area contributed by atoms with Gasteiger partial charge in [-0.25, -0.2) is 9.78 Å². The van der Waals surface area contributed by atoms with Gasteiger partial charge in [-0.2, -0.15) is 0 Å².